The van der Waals surface area contributed by atoms with Crippen molar-refractivity contribution in [3.05, 3.63) is 47.3 Å². The van der Waals surface area contributed by atoms with E-state index in [4.69, 9.17) is 5.73 Å². The Morgan fingerprint density at radius 3 is 2.50 bits per heavy atom. The fourth-order valence-electron chi connectivity index (χ4n) is 2.23. The maximum absolute atomic E-state index is 12.1. The zero-order valence-corrected chi connectivity index (χ0v) is 14.0. The number of carbonyl (C=O) groups excluding carboxylic acids is 1. The number of halogens is 1. The normalized spacial score (nSPS) is 10.4. The third kappa shape index (κ3) is 4.49. The van der Waals surface area contributed by atoms with Crippen molar-refractivity contribution in [1.82, 2.24) is 15.1 Å². The van der Waals surface area contributed by atoms with Gasteiger partial charge in [-0.3, -0.25) is 9.48 Å². The van der Waals surface area contributed by atoms with Crippen molar-refractivity contribution >= 4 is 24.0 Å². The first kappa shape index (κ1) is 18.0. The molecule has 120 valence electrons. The van der Waals surface area contributed by atoms with E-state index >= 15 is 0 Å². The SMILES string of the molecule is CC(C)c1cc(C(=O)NCCc2ccc(N)cc2)nn1C.Cl. The molecule has 0 saturated heterocycles. The fourth-order valence-corrected chi connectivity index (χ4v) is 2.23. The molecule has 22 heavy (non-hydrogen) atoms. The highest BCUT2D eigenvalue weighted by atomic mass is 35.5. The smallest absolute Gasteiger partial charge is 0.271 e. The zero-order valence-electron chi connectivity index (χ0n) is 13.2. The summed E-state index contributed by atoms with van der Waals surface area (Å²) in [5.74, 6) is 0.215. The van der Waals surface area contributed by atoms with Gasteiger partial charge in [-0.2, -0.15) is 5.10 Å². The molecule has 0 unspecified atom stereocenters. The number of aromatic nitrogens is 2. The Labute approximate surface area is 137 Å². The monoisotopic (exact) mass is 322 g/mol. The second-order valence-electron chi connectivity index (χ2n) is 5.48. The number of benzene rings is 1. The number of anilines is 1. The van der Waals surface area contributed by atoms with Crippen molar-refractivity contribution < 1.29 is 4.79 Å². The number of aryl methyl sites for hydroxylation is 1. The summed E-state index contributed by atoms with van der Waals surface area (Å²) < 4.78 is 1.76. The van der Waals surface area contributed by atoms with Crippen LogP contribution in [0, 0.1) is 0 Å². The van der Waals surface area contributed by atoms with Gasteiger partial charge in [0.25, 0.3) is 5.91 Å². The Kier molecular flexibility index (Phi) is 6.43. The molecule has 0 atom stereocenters. The van der Waals surface area contributed by atoms with Crippen molar-refractivity contribution in [3.8, 4) is 0 Å². The molecular weight excluding hydrogens is 300 g/mol. The topological polar surface area (TPSA) is 72.9 Å². The number of carbonyl (C=O) groups is 1. The van der Waals surface area contributed by atoms with Crippen LogP contribution in [0.1, 0.15) is 41.5 Å². The van der Waals surface area contributed by atoms with Crippen molar-refractivity contribution in [1.29, 1.82) is 0 Å². The Balaban J connectivity index is 0.00000242. The molecule has 6 heteroatoms. The third-order valence-corrected chi connectivity index (χ3v) is 3.42. The average Bonchev–Trinajstić information content (AvgIpc) is 2.83. The highest BCUT2D eigenvalue weighted by Crippen LogP contribution is 2.14. The molecule has 1 aromatic heterocycles. The van der Waals surface area contributed by atoms with Crippen LogP contribution in [0.15, 0.2) is 30.3 Å². The second kappa shape index (κ2) is 7.84. The molecule has 0 spiro atoms. The molecule has 0 saturated carbocycles. The lowest BCUT2D eigenvalue weighted by molar-refractivity contribution is 0.0948. The lowest BCUT2D eigenvalue weighted by atomic mass is 10.1. The van der Waals surface area contributed by atoms with Crippen LogP contribution in [0.25, 0.3) is 0 Å². The van der Waals surface area contributed by atoms with Crippen molar-refractivity contribution in [3.63, 3.8) is 0 Å². The molecular formula is C16H23ClN4O. The van der Waals surface area contributed by atoms with Crippen LogP contribution in [-0.4, -0.2) is 22.2 Å². The van der Waals surface area contributed by atoms with Gasteiger partial charge < -0.3 is 11.1 Å². The van der Waals surface area contributed by atoms with Crippen LogP contribution >= 0.6 is 12.4 Å². The van der Waals surface area contributed by atoms with Gasteiger partial charge in [0.1, 0.15) is 5.69 Å². The summed E-state index contributed by atoms with van der Waals surface area (Å²) in [5.41, 5.74) is 9.06. The Morgan fingerprint density at radius 1 is 1.32 bits per heavy atom. The van der Waals surface area contributed by atoms with E-state index in [-0.39, 0.29) is 18.3 Å². The first-order valence-electron chi connectivity index (χ1n) is 7.14. The van der Waals surface area contributed by atoms with Crippen LogP contribution < -0.4 is 11.1 Å². The zero-order chi connectivity index (χ0) is 15.4. The quantitative estimate of drug-likeness (QED) is 0.831. The molecule has 1 amide bonds. The predicted molar refractivity (Wildman–Crippen MR) is 91.4 cm³/mol. The minimum atomic E-state index is -0.132. The first-order valence-corrected chi connectivity index (χ1v) is 7.14. The van der Waals surface area contributed by atoms with Crippen LogP contribution in [0.5, 0.6) is 0 Å². The van der Waals surface area contributed by atoms with E-state index in [1.807, 2.05) is 37.4 Å². The van der Waals surface area contributed by atoms with E-state index in [2.05, 4.69) is 24.3 Å². The number of rotatable bonds is 5. The lowest BCUT2D eigenvalue weighted by Gasteiger charge is -2.04. The molecule has 0 aliphatic rings. The fraction of sp³-hybridized carbons (Fsp3) is 0.375. The minimum absolute atomic E-state index is 0. The third-order valence-electron chi connectivity index (χ3n) is 3.42. The summed E-state index contributed by atoms with van der Waals surface area (Å²) in [4.78, 5) is 12.1. The Morgan fingerprint density at radius 2 is 1.95 bits per heavy atom. The predicted octanol–water partition coefficient (Wildman–Crippen LogP) is 2.52. The van der Waals surface area contributed by atoms with Crippen molar-refractivity contribution in [2.24, 2.45) is 7.05 Å². The van der Waals surface area contributed by atoms with E-state index in [1.165, 1.54) is 0 Å². The minimum Gasteiger partial charge on any atom is -0.399 e. The van der Waals surface area contributed by atoms with E-state index in [1.54, 1.807) is 4.68 Å². The van der Waals surface area contributed by atoms with Crippen molar-refractivity contribution in [2.45, 2.75) is 26.2 Å². The molecule has 0 bridgehead atoms. The number of nitrogens with two attached hydrogens (primary N) is 1. The first-order chi connectivity index (χ1) is 9.97. The lowest BCUT2D eigenvalue weighted by Crippen LogP contribution is -2.26. The molecule has 1 aromatic carbocycles. The molecule has 2 rings (SSSR count). The standard InChI is InChI=1S/C16H22N4O.ClH/c1-11(2)15-10-14(19-20(15)3)16(21)18-9-8-12-4-6-13(17)7-5-12;/h4-7,10-11H,8-9,17H2,1-3H3,(H,18,21);1H. The van der Waals surface area contributed by atoms with E-state index in [0.717, 1.165) is 23.4 Å². The Bertz CT molecular complexity index is 620. The molecule has 3 N–H and O–H groups in total. The highest BCUT2D eigenvalue weighted by Gasteiger charge is 2.14. The summed E-state index contributed by atoms with van der Waals surface area (Å²) in [6.45, 7) is 4.75. The molecule has 0 aliphatic carbocycles. The number of nitrogens with zero attached hydrogens (tertiary/aromatic N) is 2. The van der Waals surface area contributed by atoms with E-state index in [9.17, 15) is 4.79 Å². The van der Waals surface area contributed by atoms with Gasteiger partial charge in [-0.05, 0) is 36.1 Å². The number of nitrogen functional groups attached to an aromatic ring is 1. The summed E-state index contributed by atoms with van der Waals surface area (Å²) in [7, 11) is 1.86. The number of nitrogens with one attached hydrogen (secondary N) is 1. The second-order valence-corrected chi connectivity index (χ2v) is 5.48. The molecule has 0 fully saturated rings. The van der Waals surface area contributed by atoms with E-state index < -0.39 is 0 Å². The number of hydrogen-bond donors (Lipinski definition) is 2. The number of hydrogen-bond acceptors (Lipinski definition) is 3. The Hall–Kier alpha value is -2.01. The molecule has 0 radical (unpaired) electrons. The highest BCUT2D eigenvalue weighted by molar-refractivity contribution is 5.92. The van der Waals surface area contributed by atoms with Gasteiger partial charge in [0, 0.05) is 25.0 Å². The number of amides is 1. The van der Waals surface area contributed by atoms with Gasteiger partial charge in [-0.25, -0.2) is 0 Å². The van der Waals surface area contributed by atoms with Crippen LogP contribution in [-0.2, 0) is 13.5 Å². The van der Waals surface area contributed by atoms with Crippen LogP contribution in [0.2, 0.25) is 0 Å². The van der Waals surface area contributed by atoms with Crippen LogP contribution in [0.3, 0.4) is 0 Å². The maximum atomic E-state index is 12.1. The molecule has 1 heterocycles. The molecule has 2 aromatic rings. The summed E-state index contributed by atoms with van der Waals surface area (Å²) >= 11 is 0. The van der Waals surface area contributed by atoms with E-state index in [0.29, 0.717) is 18.2 Å². The maximum Gasteiger partial charge on any atom is 0.271 e. The summed E-state index contributed by atoms with van der Waals surface area (Å²) in [6.07, 6.45) is 0.774. The van der Waals surface area contributed by atoms with Crippen molar-refractivity contribution in [2.75, 3.05) is 12.3 Å². The van der Waals surface area contributed by atoms with Gasteiger partial charge in [-0.1, -0.05) is 26.0 Å². The van der Waals surface area contributed by atoms with Gasteiger partial charge in [0.2, 0.25) is 0 Å². The van der Waals surface area contributed by atoms with Gasteiger partial charge in [0.15, 0.2) is 0 Å². The van der Waals surface area contributed by atoms with Gasteiger partial charge in [0.05, 0.1) is 0 Å². The largest absolute Gasteiger partial charge is 0.399 e. The molecule has 5 nitrogen and oxygen atoms in total. The summed E-state index contributed by atoms with van der Waals surface area (Å²) in [5, 5.41) is 7.15. The van der Waals surface area contributed by atoms with Gasteiger partial charge in [-0.15, -0.1) is 12.4 Å². The van der Waals surface area contributed by atoms with Crippen LogP contribution in [0.4, 0.5) is 5.69 Å². The average molecular weight is 323 g/mol. The molecule has 0 aliphatic heterocycles. The van der Waals surface area contributed by atoms with Gasteiger partial charge >= 0.3 is 0 Å². The summed E-state index contributed by atoms with van der Waals surface area (Å²) in [6, 6.07) is 9.52.